The number of nitrogens with zero attached hydrogens (tertiary/aromatic N) is 2. The molecule has 29 heavy (non-hydrogen) atoms. The highest BCUT2D eigenvalue weighted by Gasteiger charge is 2.30. The maximum absolute atomic E-state index is 14.0. The third-order valence-corrected chi connectivity index (χ3v) is 4.91. The average molecular weight is 399 g/mol. The number of aliphatic carboxylic acids is 1. The smallest absolute Gasteiger partial charge is 0.330 e. The van der Waals surface area contributed by atoms with Crippen LogP contribution in [0.2, 0.25) is 0 Å². The van der Waals surface area contributed by atoms with Gasteiger partial charge in [-0.25, -0.2) is 14.2 Å². The van der Waals surface area contributed by atoms with E-state index >= 15 is 0 Å². The van der Waals surface area contributed by atoms with Crippen molar-refractivity contribution in [3.8, 4) is 5.75 Å². The Hall–Kier alpha value is -3.49. The number of ether oxygens (including phenoxy) is 1. The minimum Gasteiger partial charge on any atom is -0.494 e. The molecule has 9 heteroatoms. The summed E-state index contributed by atoms with van der Waals surface area (Å²) in [6.45, 7) is 1.68. The van der Waals surface area contributed by atoms with E-state index < -0.39 is 23.7 Å². The summed E-state index contributed by atoms with van der Waals surface area (Å²) in [7, 11) is 1.31. The number of nitrogens with one attached hydrogen (secondary N) is 1. The van der Waals surface area contributed by atoms with Gasteiger partial charge in [0.1, 0.15) is 0 Å². The lowest BCUT2D eigenvalue weighted by atomic mass is 10.0. The van der Waals surface area contributed by atoms with Gasteiger partial charge in [-0.2, -0.15) is 0 Å². The van der Waals surface area contributed by atoms with Crippen molar-refractivity contribution in [2.75, 3.05) is 7.11 Å². The highest BCUT2D eigenvalue weighted by molar-refractivity contribution is 6.07. The number of carbonyl (C=O) groups excluding carboxylic acids is 1. The van der Waals surface area contributed by atoms with E-state index in [1.807, 2.05) is 0 Å². The molecule has 8 nitrogen and oxygen atoms in total. The molecule has 2 N–H and O–H groups in total. The number of carbonyl (C=O) groups is 2. The zero-order valence-corrected chi connectivity index (χ0v) is 15.7. The van der Waals surface area contributed by atoms with Crippen molar-refractivity contribution in [1.82, 2.24) is 15.5 Å². The van der Waals surface area contributed by atoms with Gasteiger partial charge in [0.05, 0.1) is 23.8 Å². The van der Waals surface area contributed by atoms with Crippen LogP contribution in [0.1, 0.15) is 52.1 Å². The number of aromatic nitrogens is 2. The van der Waals surface area contributed by atoms with E-state index in [9.17, 15) is 19.1 Å². The van der Waals surface area contributed by atoms with E-state index in [1.54, 1.807) is 13.0 Å². The summed E-state index contributed by atoms with van der Waals surface area (Å²) in [5, 5.41) is 16.4. The molecule has 1 saturated carbocycles. The number of methoxy groups -OCH3 is 1. The van der Waals surface area contributed by atoms with Crippen LogP contribution in [0, 0.1) is 12.7 Å². The number of fused-ring (bicyclic) bond motifs is 1. The van der Waals surface area contributed by atoms with E-state index in [1.165, 1.54) is 19.2 Å². The molecule has 4 rings (SSSR count). The molecule has 0 aliphatic heterocycles. The summed E-state index contributed by atoms with van der Waals surface area (Å²) in [6, 6.07) is 3.93. The molecular weight excluding hydrogens is 381 g/mol. The third kappa shape index (κ3) is 3.51. The van der Waals surface area contributed by atoms with Crippen molar-refractivity contribution in [3.63, 3.8) is 0 Å². The van der Waals surface area contributed by atoms with Crippen molar-refractivity contribution < 1.29 is 28.3 Å². The van der Waals surface area contributed by atoms with Gasteiger partial charge in [0, 0.05) is 11.6 Å². The summed E-state index contributed by atoms with van der Waals surface area (Å²) in [4.78, 5) is 29.2. The highest BCUT2D eigenvalue weighted by atomic mass is 19.1. The zero-order valence-electron chi connectivity index (χ0n) is 15.7. The minimum absolute atomic E-state index is 0.0192. The summed E-state index contributed by atoms with van der Waals surface area (Å²) in [5.74, 6) is -2.44. The number of hydrogen-bond acceptors (Lipinski definition) is 6. The molecule has 2 aromatic heterocycles. The topological polar surface area (TPSA) is 115 Å². The Balaban J connectivity index is 1.71. The fourth-order valence-electron chi connectivity index (χ4n) is 3.24. The molecule has 1 unspecified atom stereocenters. The molecule has 1 fully saturated rings. The summed E-state index contributed by atoms with van der Waals surface area (Å²) in [6.07, 6.45) is 1.94. The molecule has 2 heterocycles. The normalized spacial score (nSPS) is 14.6. The van der Waals surface area contributed by atoms with Crippen molar-refractivity contribution in [2.24, 2.45) is 0 Å². The Morgan fingerprint density at radius 3 is 2.72 bits per heavy atom. The molecule has 0 saturated heterocycles. The highest BCUT2D eigenvalue weighted by Crippen LogP contribution is 2.40. The van der Waals surface area contributed by atoms with E-state index in [-0.39, 0.29) is 28.5 Å². The molecule has 0 bridgehead atoms. The fraction of sp³-hybridized carbons (Fsp3) is 0.300. The number of carboxylic acid groups (broad SMARTS) is 1. The Labute approximate surface area is 164 Å². The van der Waals surface area contributed by atoms with Gasteiger partial charge in [0.15, 0.2) is 17.6 Å². The zero-order chi connectivity index (χ0) is 20.7. The molecular formula is C20H18FN3O5. The van der Waals surface area contributed by atoms with Gasteiger partial charge in [-0.15, -0.1) is 0 Å². The van der Waals surface area contributed by atoms with Crippen LogP contribution < -0.4 is 10.1 Å². The molecule has 150 valence electrons. The van der Waals surface area contributed by atoms with E-state index in [2.05, 4.69) is 15.5 Å². The van der Waals surface area contributed by atoms with Gasteiger partial charge in [-0.05, 0) is 43.5 Å². The largest absolute Gasteiger partial charge is 0.494 e. The maximum Gasteiger partial charge on any atom is 0.330 e. The lowest BCUT2D eigenvalue weighted by Crippen LogP contribution is -2.34. The quantitative estimate of drug-likeness (QED) is 0.654. The van der Waals surface area contributed by atoms with Gasteiger partial charge < -0.3 is 19.7 Å². The first kappa shape index (κ1) is 18.9. The molecule has 1 atom stereocenters. The van der Waals surface area contributed by atoms with Crippen LogP contribution in [0.3, 0.4) is 0 Å². The third-order valence-electron chi connectivity index (χ3n) is 4.91. The van der Waals surface area contributed by atoms with Crippen LogP contribution in [0.5, 0.6) is 5.75 Å². The minimum atomic E-state index is -1.45. The first-order valence-corrected chi connectivity index (χ1v) is 9.03. The predicted molar refractivity (Wildman–Crippen MR) is 99.3 cm³/mol. The molecule has 0 spiro atoms. The number of hydrogen-bond donors (Lipinski definition) is 2. The number of aryl methyl sites for hydroxylation is 1. The number of halogens is 1. The molecule has 3 aromatic rings. The number of carboxylic acids is 1. The Morgan fingerprint density at radius 2 is 2.10 bits per heavy atom. The van der Waals surface area contributed by atoms with Gasteiger partial charge in [0.2, 0.25) is 0 Å². The van der Waals surface area contributed by atoms with E-state index in [0.717, 1.165) is 18.9 Å². The van der Waals surface area contributed by atoms with Crippen LogP contribution in [0.25, 0.3) is 11.1 Å². The predicted octanol–water partition coefficient (Wildman–Crippen LogP) is 3.11. The lowest BCUT2D eigenvalue weighted by Gasteiger charge is -2.16. The van der Waals surface area contributed by atoms with Crippen LogP contribution in [-0.2, 0) is 4.79 Å². The second-order valence-corrected chi connectivity index (χ2v) is 6.96. The number of pyridine rings is 1. The fourth-order valence-corrected chi connectivity index (χ4v) is 3.24. The summed E-state index contributed by atoms with van der Waals surface area (Å²) >= 11 is 0. The van der Waals surface area contributed by atoms with E-state index in [4.69, 9.17) is 9.26 Å². The van der Waals surface area contributed by atoms with Crippen molar-refractivity contribution in [1.29, 1.82) is 0 Å². The van der Waals surface area contributed by atoms with Crippen LogP contribution >= 0.6 is 0 Å². The van der Waals surface area contributed by atoms with Crippen molar-refractivity contribution >= 4 is 23.0 Å². The van der Waals surface area contributed by atoms with Crippen LogP contribution in [-0.4, -0.2) is 34.2 Å². The monoisotopic (exact) mass is 399 g/mol. The second kappa shape index (κ2) is 7.16. The number of benzene rings is 1. The van der Waals surface area contributed by atoms with Crippen LogP contribution in [0.4, 0.5) is 4.39 Å². The van der Waals surface area contributed by atoms with E-state index in [0.29, 0.717) is 16.8 Å². The molecule has 0 radical (unpaired) electrons. The molecule has 1 aliphatic carbocycles. The van der Waals surface area contributed by atoms with Gasteiger partial charge in [-0.3, -0.25) is 4.79 Å². The average Bonchev–Trinajstić information content (AvgIpc) is 3.48. The summed E-state index contributed by atoms with van der Waals surface area (Å²) in [5.41, 5.74) is 1.73. The summed E-state index contributed by atoms with van der Waals surface area (Å²) < 4.78 is 24.1. The number of amides is 1. The van der Waals surface area contributed by atoms with Gasteiger partial charge in [0.25, 0.3) is 11.6 Å². The number of rotatable bonds is 6. The van der Waals surface area contributed by atoms with Crippen molar-refractivity contribution in [2.45, 2.75) is 31.7 Å². The Kier molecular flexibility index (Phi) is 4.65. The Bertz CT molecular complexity index is 1120. The first-order valence-electron chi connectivity index (χ1n) is 9.03. The standard InChI is InChI=1S/C20H18FN3O5/c1-9-16-12(8-14(10-3-4-10)22-19(16)29-24-9)18(25)23-17(20(26)27)11-5-6-15(28-2)13(21)7-11/h5-8,10,17H,3-4H2,1-2H3,(H,23,25)(H,26,27). The lowest BCUT2D eigenvalue weighted by molar-refractivity contribution is -0.139. The molecule has 1 amide bonds. The molecule has 1 aromatic carbocycles. The van der Waals surface area contributed by atoms with Crippen LogP contribution in [0.15, 0.2) is 28.8 Å². The first-order chi connectivity index (χ1) is 13.9. The Morgan fingerprint density at radius 1 is 1.34 bits per heavy atom. The molecule has 1 aliphatic rings. The second-order valence-electron chi connectivity index (χ2n) is 6.96. The van der Waals surface area contributed by atoms with Gasteiger partial charge >= 0.3 is 5.97 Å². The maximum atomic E-state index is 14.0. The van der Waals surface area contributed by atoms with Gasteiger partial charge in [-0.1, -0.05) is 11.2 Å². The van der Waals surface area contributed by atoms with Crippen molar-refractivity contribution in [3.05, 3.63) is 52.6 Å². The SMILES string of the molecule is COc1ccc(C(NC(=O)c2cc(C3CC3)nc3onc(C)c23)C(=O)O)cc1F.